The lowest BCUT2D eigenvalue weighted by Crippen LogP contribution is -2.53. The van der Waals surface area contributed by atoms with Crippen LogP contribution in [0.5, 0.6) is 0 Å². The molecule has 0 saturated carbocycles. The molecule has 42 heavy (non-hydrogen) atoms. The molecule has 1 fully saturated rings. The molecule has 1 heterocycles. The van der Waals surface area contributed by atoms with Gasteiger partial charge >= 0.3 is 18.4 Å². The molecule has 1 aliphatic heterocycles. The Kier molecular flexibility index (Phi) is 10.2. The zero-order chi connectivity index (χ0) is 31.5. The smallest absolute Gasteiger partial charge is 0.416 e. The van der Waals surface area contributed by atoms with Crippen molar-refractivity contribution in [1.82, 2.24) is 15.5 Å². The molecule has 0 aromatic heterocycles. The maximum atomic E-state index is 14.0. The van der Waals surface area contributed by atoms with Gasteiger partial charge in [-0.05, 0) is 107 Å². The normalized spacial score (nSPS) is 15.7. The minimum Gasteiger partial charge on any atom is -0.444 e. The molecule has 0 spiro atoms. The number of halogens is 7. The van der Waals surface area contributed by atoms with Crippen molar-refractivity contribution < 1.29 is 45.1 Å². The van der Waals surface area contributed by atoms with Crippen molar-refractivity contribution in [3.8, 4) is 0 Å². The van der Waals surface area contributed by atoms with Gasteiger partial charge in [0.1, 0.15) is 17.5 Å². The summed E-state index contributed by atoms with van der Waals surface area (Å²) in [5.41, 5.74) is -3.45. The van der Waals surface area contributed by atoms with Gasteiger partial charge in [-0.15, -0.1) is 0 Å². The van der Waals surface area contributed by atoms with Crippen LogP contribution in [0, 0.1) is 12.7 Å². The average molecular weight is 606 g/mol. The van der Waals surface area contributed by atoms with Crippen molar-refractivity contribution in [3.63, 3.8) is 0 Å². The summed E-state index contributed by atoms with van der Waals surface area (Å²) in [7, 11) is 0. The summed E-state index contributed by atoms with van der Waals surface area (Å²) in [4.78, 5) is 28.6. The number of hydrogen-bond acceptors (Lipinski definition) is 4. The number of alkyl halides is 6. The lowest BCUT2D eigenvalue weighted by molar-refractivity contribution is -0.143. The summed E-state index contributed by atoms with van der Waals surface area (Å²) in [6.45, 7) is 7.32. The zero-order valence-electron chi connectivity index (χ0n) is 23.7. The number of amides is 2. The van der Waals surface area contributed by atoms with Gasteiger partial charge in [0.2, 0.25) is 5.91 Å². The Bertz CT molecular complexity index is 1230. The molecule has 6 nitrogen and oxygen atoms in total. The second-order valence-electron chi connectivity index (χ2n) is 11.2. The Morgan fingerprint density at radius 2 is 1.55 bits per heavy atom. The van der Waals surface area contributed by atoms with Crippen LogP contribution < -0.4 is 10.6 Å². The molecule has 2 aromatic carbocycles. The first-order valence-electron chi connectivity index (χ1n) is 13.4. The fraction of sp³-hybridized carbons (Fsp3) is 0.517. The SMILES string of the molecule is Cc1cc(F)ccc1C(C(=O)NCCc1cc(C(F)(F)F)cc(C(F)(F)F)c1)N(C(=O)OC(C)(C)C)C1CCNCC1. The number of carbonyl (C=O) groups excluding carboxylic acids is 2. The van der Waals surface area contributed by atoms with Gasteiger partial charge in [-0.25, -0.2) is 9.18 Å². The molecule has 1 unspecified atom stereocenters. The molecule has 0 radical (unpaired) electrons. The number of nitrogens with one attached hydrogen (secondary N) is 2. The first-order valence-corrected chi connectivity index (χ1v) is 13.4. The van der Waals surface area contributed by atoms with Crippen LogP contribution in [0.3, 0.4) is 0 Å². The van der Waals surface area contributed by atoms with E-state index in [0.29, 0.717) is 49.2 Å². The molecule has 2 amide bonds. The number of piperidine rings is 1. The van der Waals surface area contributed by atoms with Gasteiger partial charge in [0.25, 0.3) is 0 Å². The van der Waals surface area contributed by atoms with Crippen LogP contribution in [-0.2, 0) is 28.3 Å². The van der Waals surface area contributed by atoms with Crippen molar-refractivity contribution in [2.75, 3.05) is 19.6 Å². The van der Waals surface area contributed by atoms with Gasteiger partial charge < -0.3 is 15.4 Å². The van der Waals surface area contributed by atoms with Crippen LogP contribution in [0.1, 0.15) is 67.5 Å². The third kappa shape index (κ3) is 8.83. The molecule has 1 aliphatic rings. The monoisotopic (exact) mass is 605 g/mol. The van der Waals surface area contributed by atoms with E-state index in [1.165, 1.54) is 17.0 Å². The summed E-state index contributed by atoms with van der Waals surface area (Å²) in [6, 6.07) is 3.19. The van der Waals surface area contributed by atoms with Crippen molar-refractivity contribution in [1.29, 1.82) is 0 Å². The second kappa shape index (κ2) is 12.9. The Balaban J connectivity index is 1.96. The Morgan fingerprint density at radius 1 is 0.976 bits per heavy atom. The fourth-order valence-corrected chi connectivity index (χ4v) is 4.82. The van der Waals surface area contributed by atoms with Gasteiger partial charge in [0.05, 0.1) is 11.1 Å². The Morgan fingerprint density at radius 3 is 2.05 bits per heavy atom. The van der Waals surface area contributed by atoms with E-state index in [1.54, 1.807) is 27.7 Å². The van der Waals surface area contributed by atoms with E-state index in [1.807, 2.05) is 0 Å². The van der Waals surface area contributed by atoms with E-state index in [9.17, 15) is 40.3 Å². The summed E-state index contributed by atoms with van der Waals surface area (Å²) >= 11 is 0. The highest BCUT2D eigenvalue weighted by atomic mass is 19.4. The number of ether oxygens (including phenoxy) is 1. The summed E-state index contributed by atoms with van der Waals surface area (Å²) in [5.74, 6) is -1.30. The summed E-state index contributed by atoms with van der Waals surface area (Å²) in [5, 5.41) is 5.74. The van der Waals surface area contributed by atoms with E-state index < -0.39 is 59.0 Å². The second-order valence-corrected chi connectivity index (χ2v) is 11.2. The minimum atomic E-state index is -5.01. The van der Waals surface area contributed by atoms with Gasteiger partial charge in [0.15, 0.2) is 0 Å². The maximum Gasteiger partial charge on any atom is 0.416 e. The van der Waals surface area contributed by atoms with E-state index in [0.717, 1.165) is 6.07 Å². The van der Waals surface area contributed by atoms with Crippen LogP contribution >= 0.6 is 0 Å². The minimum absolute atomic E-state index is 0.0349. The number of hydrogen-bond donors (Lipinski definition) is 2. The van der Waals surface area contributed by atoms with Crippen molar-refractivity contribution >= 4 is 12.0 Å². The van der Waals surface area contributed by atoms with Crippen molar-refractivity contribution in [2.45, 2.75) is 77.0 Å². The van der Waals surface area contributed by atoms with Crippen LogP contribution in [-0.4, -0.2) is 48.2 Å². The molecule has 2 N–H and O–H groups in total. The molecule has 2 aromatic rings. The topological polar surface area (TPSA) is 70.7 Å². The van der Waals surface area contributed by atoms with Crippen LogP contribution in [0.15, 0.2) is 36.4 Å². The molecule has 232 valence electrons. The van der Waals surface area contributed by atoms with Gasteiger partial charge in [-0.2, -0.15) is 26.3 Å². The Labute approximate surface area is 239 Å². The van der Waals surface area contributed by atoms with Crippen molar-refractivity contribution in [2.24, 2.45) is 0 Å². The predicted molar refractivity (Wildman–Crippen MR) is 141 cm³/mol. The molecule has 0 bridgehead atoms. The highest BCUT2D eigenvalue weighted by Crippen LogP contribution is 2.36. The molecular formula is C29H34F7N3O3. The van der Waals surface area contributed by atoms with Crippen LogP contribution in [0.4, 0.5) is 35.5 Å². The third-order valence-electron chi connectivity index (χ3n) is 6.72. The van der Waals surface area contributed by atoms with Gasteiger partial charge in [0, 0.05) is 12.6 Å². The van der Waals surface area contributed by atoms with Crippen LogP contribution in [0.2, 0.25) is 0 Å². The highest BCUT2D eigenvalue weighted by Gasteiger charge is 2.40. The predicted octanol–water partition coefficient (Wildman–Crippen LogP) is 6.56. The Hall–Kier alpha value is -3.35. The van der Waals surface area contributed by atoms with E-state index in [2.05, 4.69) is 10.6 Å². The van der Waals surface area contributed by atoms with Crippen LogP contribution in [0.25, 0.3) is 0 Å². The molecule has 0 aliphatic carbocycles. The van der Waals surface area contributed by atoms with E-state index in [4.69, 9.17) is 4.74 Å². The third-order valence-corrected chi connectivity index (χ3v) is 6.72. The summed E-state index contributed by atoms with van der Waals surface area (Å²) in [6.07, 6.45) is -10.2. The molecule has 1 atom stereocenters. The quantitative estimate of drug-likeness (QED) is 0.351. The lowest BCUT2D eigenvalue weighted by Gasteiger charge is -2.40. The number of aryl methyl sites for hydroxylation is 1. The summed E-state index contributed by atoms with van der Waals surface area (Å²) < 4.78 is 99.4. The van der Waals surface area contributed by atoms with E-state index in [-0.39, 0.29) is 24.6 Å². The highest BCUT2D eigenvalue weighted by molar-refractivity contribution is 5.87. The van der Waals surface area contributed by atoms with Crippen molar-refractivity contribution in [3.05, 3.63) is 70.0 Å². The molecule has 1 saturated heterocycles. The largest absolute Gasteiger partial charge is 0.444 e. The first-order chi connectivity index (χ1) is 19.4. The zero-order valence-corrected chi connectivity index (χ0v) is 23.7. The average Bonchev–Trinajstić information content (AvgIpc) is 2.86. The molecule has 3 rings (SSSR count). The first kappa shape index (κ1) is 33.2. The number of carbonyl (C=O) groups is 2. The number of benzene rings is 2. The fourth-order valence-electron chi connectivity index (χ4n) is 4.82. The molecule has 13 heteroatoms. The van der Waals surface area contributed by atoms with Gasteiger partial charge in [-0.3, -0.25) is 9.69 Å². The number of nitrogens with zero attached hydrogens (tertiary/aromatic N) is 1. The standard InChI is InChI=1S/C29H34F7N3O3/c1-17-13-21(30)5-6-23(17)24(39(22-8-10-37-11-9-22)26(41)42-27(2,3)4)25(40)38-12-7-18-14-19(28(31,32)33)16-20(15-18)29(34,35)36/h5-6,13-16,22,24,37H,7-12H2,1-4H3,(H,38,40). The maximum absolute atomic E-state index is 14.0. The van der Waals surface area contributed by atoms with E-state index >= 15 is 0 Å². The van der Waals surface area contributed by atoms with Gasteiger partial charge in [-0.1, -0.05) is 6.07 Å². The lowest BCUT2D eigenvalue weighted by atomic mass is 9.95. The number of rotatable bonds is 7. The molecular weight excluding hydrogens is 571 g/mol.